The molecule has 0 fully saturated rings. The van der Waals surface area contributed by atoms with E-state index in [1.165, 1.54) is 5.39 Å². The van der Waals surface area contributed by atoms with Crippen LogP contribution in [-0.4, -0.2) is 24.9 Å². The lowest BCUT2D eigenvalue weighted by Gasteiger charge is -1.95. The lowest BCUT2D eigenvalue weighted by atomic mass is 10.2. The summed E-state index contributed by atoms with van der Waals surface area (Å²) in [6, 6.07) is 12.1. The van der Waals surface area contributed by atoms with Crippen molar-refractivity contribution in [2.45, 2.75) is 0 Å². The van der Waals surface area contributed by atoms with E-state index in [0.717, 1.165) is 16.9 Å². The Balaban J connectivity index is 0.000000133. The van der Waals surface area contributed by atoms with Crippen LogP contribution >= 0.6 is 0 Å². The largest absolute Gasteiger partial charge is 0.261 e. The van der Waals surface area contributed by atoms with Gasteiger partial charge in [0.1, 0.15) is 11.4 Å². The smallest absolute Gasteiger partial charge is 0.108 e. The number of fused-ring (bicyclic) bond motifs is 1. The van der Waals surface area contributed by atoms with Gasteiger partial charge in [-0.15, -0.1) is 0 Å². The summed E-state index contributed by atoms with van der Waals surface area (Å²) in [6.45, 7) is 0. The molecule has 106 valence electrons. The van der Waals surface area contributed by atoms with E-state index in [9.17, 15) is 0 Å². The Kier molecular flexibility index (Phi) is 4.37. The van der Waals surface area contributed by atoms with Crippen molar-refractivity contribution in [3.63, 3.8) is 0 Å². The third-order valence-corrected chi connectivity index (χ3v) is 2.90. The van der Waals surface area contributed by atoms with Gasteiger partial charge in [0.15, 0.2) is 0 Å². The molecule has 5 nitrogen and oxygen atoms in total. The van der Waals surface area contributed by atoms with Crippen LogP contribution in [0.2, 0.25) is 0 Å². The topological polar surface area (TPSA) is 64.5 Å². The predicted molar refractivity (Wildman–Crippen MR) is 84.8 cm³/mol. The van der Waals surface area contributed by atoms with Gasteiger partial charge in [-0.3, -0.25) is 24.9 Å². The second-order valence-electron chi connectivity index (χ2n) is 4.38. The van der Waals surface area contributed by atoms with Crippen LogP contribution in [0.15, 0.2) is 79.8 Å². The van der Waals surface area contributed by atoms with Crippen molar-refractivity contribution in [1.82, 2.24) is 24.9 Å². The molecule has 0 unspecified atom stereocenters. The highest BCUT2D eigenvalue weighted by molar-refractivity contribution is 5.77. The van der Waals surface area contributed by atoms with Crippen molar-refractivity contribution >= 4 is 10.9 Å². The summed E-state index contributed by atoms with van der Waals surface area (Å²) in [4.78, 5) is 20.2. The van der Waals surface area contributed by atoms with Crippen LogP contribution in [0.5, 0.6) is 0 Å². The number of para-hydroxylation sites is 1. The molecule has 3 heterocycles. The molecule has 0 bridgehead atoms. The van der Waals surface area contributed by atoms with Crippen molar-refractivity contribution in [1.29, 1.82) is 0 Å². The maximum Gasteiger partial charge on any atom is 0.108 e. The average Bonchev–Trinajstić information content (AvgIpc) is 2.64. The molecular formula is C17H13N5. The molecule has 3 aromatic heterocycles. The summed E-state index contributed by atoms with van der Waals surface area (Å²) < 4.78 is 0. The fourth-order valence-electron chi connectivity index (χ4n) is 1.88. The van der Waals surface area contributed by atoms with Gasteiger partial charge in [0, 0.05) is 36.4 Å². The van der Waals surface area contributed by atoms with Gasteiger partial charge >= 0.3 is 0 Å². The molecule has 0 amide bonds. The normalized spacial score (nSPS) is 9.82. The first-order valence-corrected chi connectivity index (χ1v) is 6.75. The van der Waals surface area contributed by atoms with E-state index in [2.05, 4.69) is 37.1 Å². The fourth-order valence-corrected chi connectivity index (χ4v) is 1.88. The van der Waals surface area contributed by atoms with Gasteiger partial charge in [-0.1, -0.05) is 24.3 Å². The van der Waals surface area contributed by atoms with Gasteiger partial charge < -0.3 is 0 Å². The van der Waals surface area contributed by atoms with Gasteiger partial charge in [0.25, 0.3) is 0 Å². The Hall–Kier alpha value is -3.21. The van der Waals surface area contributed by atoms with Gasteiger partial charge in [0.05, 0.1) is 17.9 Å². The van der Waals surface area contributed by atoms with E-state index in [-0.39, 0.29) is 0 Å². The summed E-state index contributed by atoms with van der Waals surface area (Å²) in [6.07, 6.45) is 11.6. The monoisotopic (exact) mass is 287 g/mol. The summed E-state index contributed by atoms with van der Waals surface area (Å²) >= 11 is 0. The lowest BCUT2D eigenvalue weighted by Crippen LogP contribution is -1.87. The molecule has 5 heteroatoms. The number of nitrogens with zero attached hydrogens (tertiary/aromatic N) is 5. The Morgan fingerprint density at radius 2 is 1.18 bits per heavy atom. The van der Waals surface area contributed by atoms with Crippen LogP contribution < -0.4 is 0 Å². The highest BCUT2D eigenvalue weighted by atomic mass is 14.8. The number of pyridine rings is 1. The Labute approximate surface area is 127 Å². The molecule has 0 saturated heterocycles. The minimum Gasteiger partial charge on any atom is -0.261 e. The summed E-state index contributed by atoms with van der Waals surface area (Å²) in [5, 5.41) is 1.20. The number of aromatic nitrogens is 5. The predicted octanol–water partition coefficient (Wildman–Crippen LogP) is 3.17. The highest BCUT2D eigenvalue weighted by Crippen LogP contribution is 2.08. The van der Waals surface area contributed by atoms with E-state index in [0.29, 0.717) is 0 Å². The summed E-state index contributed by atoms with van der Waals surface area (Å²) in [5.41, 5.74) is 2.54. The Morgan fingerprint density at radius 3 is 1.77 bits per heavy atom. The van der Waals surface area contributed by atoms with Crippen molar-refractivity contribution < 1.29 is 0 Å². The van der Waals surface area contributed by atoms with E-state index < -0.39 is 0 Å². The maximum atomic E-state index is 4.18. The minimum atomic E-state index is 0.741. The standard InChI is InChI=1S/C9H7N.C8H6N4/c1-2-6-9-8(4-1)5-3-7-10-9;1-3-11-7(5-9-1)8-6-10-2-4-12-8/h1-7H;1-6H. The maximum absolute atomic E-state index is 4.18. The first-order valence-electron chi connectivity index (χ1n) is 6.75. The molecule has 0 radical (unpaired) electrons. The molecule has 0 aliphatic rings. The van der Waals surface area contributed by atoms with E-state index in [1.54, 1.807) is 37.2 Å². The summed E-state index contributed by atoms with van der Waals surface area (Å²) in [5.74, 6) is 0. The number of benzene rings is 1. The van der Waals surface area contributed by atoms with E-state index in [1.807, 2.05) is 30.5 Å². The first kappa shape index (κ1) is 13.8. The molecule has 0 N–H and O–H groups in total. The fraction of sp³-hybridized carbons (Fsp3) is 0. The third kappa shape index (κ3) is 3.46. The zero-order valence-corrected chi connectivity index (χ0v) is 11.7. The van der Waals surface area contributed by atoms with Crippen LogP contribution in [0.1, 0.15) is 0 Å². The minimum absolute atomic E-state index is 0.741. The molecular weight excluding hydrogens is 274 g/mol. The summed E-state index contributed by atoms with van der Waals surface area (Å²) in [7, 11) is 0. The number of rotatable bonds is 1. The van der Waals surface area contributed by atoms with E-state index in [4.69, 9.17) is 0 Å². The second-order valence-corrected chi connectivity index (χ2v) is 4.38. The van der Waals surface area contributed by atoms with Crippen molar-refractivity contribution in [3.8, 4) is 11.4 Å². The second kappa shape index (κ2) is 6.99. The zero-order chi connectivity index (χ0) is 15.0. The Bertz CT molecular complexity index is 732. The van der Waals surface area contributed by atoms with Crippen LogP contribution in [0.4, 0.5) is 0 Å². The van der Waals surface area contributed by atoms with Crippen LogP contribution in [0.25, 0.3) is 22.3 Å². The van der Waals surface area contributed by atoms with Crippen LogP contribution in [0.3, 0.4) is 0 Å². The molecule has 4 rings (SSSR count). The van der Waals surface area contributed by atoms with Gasteiger partial charge in [-0.05, 0) is 12.1 Å². The average molecular weight is 287 g/mol. The molecule has 0 atom stereocenters. The molecule has 4 aromatic rings. The zero-order valence-electron chi connectivity index (χ0n) is 11.7. The van der Waals surface area contributed by atoms with Gasteiger partial charge in [-0.2, -0.15) is 0 Å². The molecule has 0 saturated carbocycles. The SMILES string of the molecule is c1ccc2ncccc2c1.c1cnc(-c2cnccn2)cn1. The van der Waals surface area contributed by atoms with Crippen molar-refractivity contribution in [2.75, 3.05) is 0 Å². The molecule has 0 aliphatic carbocycles. The van der Waals surface area contributed by atoms with Gasteiger partial charge in [-0.25, -0.2) is 0 Å². The van der Waals surface area contributed by atoms with Crippen molar-refractivity contribution in [2.24, 2.45) is 0 Å². The number of hydrogen-bond donors (Lipinski definition) is 0. The molecule has 22 heavy (non-hydrogen) atoms. The van der Waals surface area contributed by atoms with E-state index >= 15 is 0 Å². The highest BCUT2D eigenvalue weighted by Gasteiger charge is 1.97. The molecule has 0 spiro atoms. The Morgan fingerprint density at radius 1 is 0.545 bits per heavy atom. The molecule has 0 aliphatic heterocycles. The molecule has 1 aromatic carbocycles. The third-order valence-electron chi connectivity index (χ3n) is 2.90. The van der Waals surface area contributed by atoms with Gasteiger partial charge in [0.2, 0.25) is 0 Å². The quantitative estimate of drug-likeness (QED) is 0.538. The number of hydrogen-bond acceptors (Lipinski definition) is 5. The first-order chi connectivity index (χ1) is 10.9. The van der Waals surface area contributed by atoms with Crippen LogP contribution in [0, 0.1) is 0 Å². The van der Waals surface area contributed by atoms with Crippen molar-refractivity contribution in [3.05, 3.63) is 79.8 Å². The van der Waals surface area contributed by atoms with Crippen LogP contribution in [-0.2, 0) is 0 Å². The lowest BCUT2D eigenvalue weighted by molar-refractivity contribution is 1.14.